The summed E-state index contributed by atoms with van der Waals surface area (Å²) in [6, 6.07) is 8.39. The maximum atomic E-state index is 12.2. The zero-order valence-corrected chi connectivity index (χ0v) is 15.7. The summed E-state index contributed by atoms with van der Waals surface area (Å²) in [6.07, 6.45) is 4.53. The average Bonchev–Trinajstić information content (AvgIpc) is 3.21. The maximum Gasteiger partial charge on any atom is 0.324 e. The summed E-state index contributed by atoms with van der Waals surface area (Å²) in [6.45, 7) is 2.65. The molecule has 0 saturated carbocycles. The summed E-state index contributed by atoms with van der Waals surface area (Å²) in [5.41, 5.74) is 0.864. The molecule has 2 saturated heterocycles. The van der Waals surface area contributed by atoms with E-state index in [1.807, 2.05) is 6.07 Å². The number of aromatic nitrogens is 2. The van der Waals surface area contributed by atoms with E-state index in [9.17, 15) is 10.0 Å². The molecule has 0 unspecified atom stereocenters. The molecule has 152 valence electrons. The summed E-state index contributed by atoms with van der Waals surface area (Å²) in [5, 5.41) is 17.7. The molecule has 3 N–H and O–H groups in total. The smallest absolute Gasteiger partial charge is 0.324 e. The molecule has 0 radical (unpaired) electrons. The summed E-state index contributed by atoms with van der Waals surface area (Å²) in [4.78, 5) is 22.9. The van der Waals surface area contributed by atoms with Crippen LogP contribution in [0.2, 0.25) is 0 Å². The molecular formula is C19H22N6O4. The number of amidine groups is 1. The van der Waals surface area contributed by atoms with Crippen molar-refractivity contribution in [2.24, 2.45) is 5.16 Å². The van der Waals surface area contributed by atoms with E-state index >= 15 is 0 Å². The van der Waals surface area contributed by atoms with Crippen molar-refractivity contribution in [2.45, 2.75) is 18.6 Å². The van der Waals surface area contributed by atoms with Crippen LogP contribution in [0.5, 0.6) is 0 Å². The normalized spacial score (nSPS) is 18.6. The van der Waals surface area contributed by atoms with Crippen molar-refractivity contribution in [3.8, 4) is 0 Å². The second kappa shape index (κ2) is 8.41. The molecule has 1 aromatic heterocycles. The van der Waals surface area contributed by atoms with E-state index < -0.39 is 11.8 Å². The lowest BCUT2D eigenvalue weighted by Gasteiger charge is -2.38. The highest BCUT2D eigenvalue weighted by Gasteiger charge is 2.40. The van der Waals surface area contributed by atoms with Gasteiger partial charge in [-0.25, -0.2) is 9.78 Å². The molecule has 2 aliphatic heterocycles. The van der Waals surface area contributed by atoms with Crippen LogP contribution >= 0.6 is 0 Å². The van der Waals surface area contributed by atoms with Gasteiger partial charge in [-0.05, 0) is 12.1 Å². The Hall–Kier alpha value is -3.24. The number of nitrogens with one attached hydrogen (secondary N) is 2. The SMILES string of the molecule is O=C(N/C(=N/O)c1cncc(N2CCC3(CC2)OCCO3)n1)Nc1ccccc1. The number of anilines is 2. The zero-order valence-electron chi connectivity index (χ0n) is 15.7. The van der Waals surface area contributed by atoms with Gasteiger partial charge in [0.25, 0.3) is 0 Å². The van der Waals surface area contributed by atoms with Crippen LogP contribution in [0.3, 0.4) is 0 Å². The molecule has 10 nitrogen and oxygen atoms in total. The number of hydrogen-bond donors (Lipinski definition) is 3. The van der Waals surface area contributed by atoms with E-state index in [1.165, 1.54) is 6.20 Å². The Morgan fingerprint density at radius 3 is 2.55 bits per heavy atom. The van der Waals surface area contributed by atoms with Gasteiger partial charge in [-0.3, -0.25) is 10.3 Å². The molecule has 29 heavy (non-hydrogen) atoms. The third-order valence-electron chi connectivity index (χ3n) is 4.89. The fourth-order valence-corrected chi connectivity index (χ4v) is 3.42. The topological polar surface area (TPSA) is 121 Å². The maximum absolute atomic E-state index is 12.2. The molecular weight excluding hydrogens is 376 g/mol. The number of para-hydroxylation sites is 1. The standard InChI is InChI=1S/C19H22N6O4/c26-18(21-14-4-2-1-3-5-14)23-17(24-27)15-12-20-13-16(22-15)25-8-6-19(7-9-25)28-10-11-29-19/h1-5,12-13,27H,6-11H2,(H2,21,23,24,26). The summed E-state index contributed by atoms with van der Waals surface area (Å²) in [5.74, 6) is 0.0570. The van der Waals surface area contributed by atoms with Crippen LogP contribution in [-0.2, 0) is 9.47 Å². The number of benzene rings is 1. The van der Waals surface area contributed by atoms with Gasteiger partial charge in [0.1, 0.15) is 11.5 Å². The van der Waals surface area contributed by atoms with Crippen molar-refractivity contribution in [1.29, 1.82) is 0 Å². The Labute approximate surface area is 167 Å². The molecule has 2 amide bonds. The first-order chi connectivity index (χ1) is 14.2. The van der Waals surface area contributed by atoms with Crippen molar-refractivity contribution in [3.63, 3.8) is 0 Å². The number of oxime groups is 1. The lowest BCUT2D eigenvalue weighted by atomic mass is 10.0. The lowest BCUT2D eigenvalue weighted by molar-refractivity contribution is -0.169. The van der Waals surface area contributed by atoms with Crippen molar-refractivity contribution in [1.82, 2.24) is 15.3 Å². The van der Waals surface area contributed by atoms with Gasteiger partial charge in [-0.1, -0.05) is 23.4 Å². The zero-order chi connectivity index (χ0) is 20.1. The van der Waals surface area contributed by atoms with Crippen molar-refractivity contribution in [3.05, 3.63) is 48.4 Å². The second-order valence-corrected chi connectivity index (χ2v) is 6.75. The fourth-order valence-electron chi connectivity index (χ4n) is 3.42. The highest BCUT2D eigenvalue weighted by molar-refractivity contribution is 6.09. The monoisotopic (exact) mass is 398 g/mol. The Balaban J connectivity index is 1.41. The van der Waals surface area contributed by atoms with Gasteiger partial charge in [0.2, 0.25) is 5.84 Å². The van der Waals surface area contributed by atoms with Gasteiger partial charge in [0, 0.05) is 31.6 Å². The van der Waals surface area contributed by atoms with E-state index in [0.29, 0.717) is 37.8 Å². The van der Waals surface area contributed by atoms with Crippen LogP contribution in [0.15, 0.2) is 47.9 Å². The predicted molar refractivity (Wildman–Crippen MR) is 105 cm³/mol. The molecule has 2 aromatic rings. The van der Waals surface area contributed by atoms with Crippen LogP contribution in [0.4, 0.5) is 16.3 Å². The number of rotatable bonds is 3. The number of nitrogens with zero attached hydrogens (tertiary/aromatic N) is 4. The minimum absolute atomic E-state index is 0.0938. The molecule has 0 aliphatic carbocycles. The van der Waals surface area contributed by atoms with Crippen LogP contribution in [0, 0.1) is 0 Å². The minimum Gasteiger partial charge on any atom is -0.409 e. The van der Waals surface area contributed by atoms with Crippen LogP contribution < -0.4 is 15.5 Å². The van der Waals surface area contributed by atoms with E-state index in [4.69, 9.17) is 9.47 Å². The van der Waals surface area contributed by atoms with E-state index in [2.05, 4.69) is 30.7 Å². The number of urea groups is 1. The number of piperidine rings is 1. The summed E-state index contributed by atoms with van der Waals surface area (Å²) >= 11 is 0. The van der Waals surface area contributed by atoms with Gasteiger partial charge in [-0.15, -0.1) is 0 Å². The number of carbonyl (C=O) groups excluding carboxylic acids is 1. The molecule has 3 heterocycles. The first kappa shape index (κ1) is 19.1. The van der Waals surface area contributed by atoms with Gasteiger partial charge in [-0.2, -0.15) is 0 Å². The highest BCUT2D eigenvalue weighted by Crippen LogP contribution is 2.32. The van der Waals surface area contributed by atoms with E-state index in [0.717, 1.165) is 12.8 Å². The van der Waals surface area contributed by atoms with Gasteiger partial charge < -0.3 is 24.9 Å². The molecule has 2 aliphatic rings. The quantitative estimate of drug-likeness (QED) is 0.312. The minimum atomic E-state index is -0.549. The van der Waals surface area contributed by atoms with Gasteiger partial charge >= 0.3 is 6.03 Å². The molecule has 0 bridgehead atoms. The number of carbonyl (C=O) groups is 1. The molecule has 1 aromatic carbocycles. The third kappa shape index (κ3) is 4.44. The first-order valence-electron chi connectivity index (χ1n) is 9.38. The average molecular weight is 398 g/mol. The molecule has 10 heteroatoms. The highest BCUT2D eigenvalue weighted by atomic mass is 16.7. The van der Waals surface area contributed by atoms with E-state index in [1.54, 1.807) is 30.5 Å². The second-order valence-electron chi connectivity index (χ2n) is 6.75. The molecule has 4 rings (SSSR count). The van der Waals surface area contributed by atoms with Gasteiger partial charge in [0.05, 0.1) is 25.6 Å². The third-order valence-corrected chi connectivity index (χ3v) is 4.89. The Bertz CT molecular complexity index is 875. The predicted octanol–water partition coefficient (Wildman–Crippen LogP) is 1.78. The number of ether oxygens (including phenoxy) is 2. The first-order valence-corrected chi connectivity index (χ1v) is 9.38. The fraction of sp³-hybridized carbons (Fsp3) is 0.368. The molecule has 2 fully saturated rings. The summed E-state index contributed by atoms with van der Waals surface area (Å²) in [7, 11) is 0. The van der Waals surface area contributed by atoms with Gasteiger partial charge in [0.15, 0.2) is 5.79 Å². The van der Waals surface area contributed by atoms with Crippen LogP contribution in [-0.4, -0.2) is 59.1 Å². The molecule has 1 spiro atoms. The number of hydrogen-bond acceptors (Lipinski definition) is 8. The Morgan fingerprint density at radius 1 is 1.14 bits per heavy atom. The van der Waals surface area contributed by atoms with Crippen LogP contribution in [0.25, 0.3) is 0 Å². The number of amides is 2. The largest absolute Gasteiger partial charge is 0.409 e. The van der Waals surface area contributed by atoms with E-state index in [-0.39, 0.29) is 11.5 Å². The van der Waals surface area contributed by atoms with Crippen LogP contribution in [0.1, 0.15) is 18.5 Å². The van der Waals surface area contributed by atoms with Crippen molar-refractivity contribution < 1.29 is 19.5 Å². The van der Waals surface area contributed by atoms with Crippen molar-refractivity contribution in [2.75, 3.05) is 36.5 Å². The summed E-state index contributed by atoms with van der Waals surface area (Å²) < 4.78 is 11.5. The Kier molecular flexibility index (Phi) is 5.54. The molecule has 0 atom stereocenters. The van der Waals surface area contributed by atoms with Crippen molar-refractivity contribution >= 4 is 23.4 Å². The lowest BCUT2D eigenvalue weighted by Crippen LogP contribution is -2.45. The Morgan fingerprint density at radius 2 is 1.86 bits per heavy atom.